The monoisotopic (exact) mass is 235 g/mol. The van der Waals surface area contributed by atoms with Gasteiger partial charge in [-0.2, -0.15) is 0 Å². The molecule has 0 unspecified atom stereocenters. The Hall–Kier alpha value is -0.520. The lowest BCUT2D eigenvalue weighted by Gasteiger charge is -1.98. The molecule has 0 aliphatic carbocycles. The fraction of sp³-hybridized carbons (Fsp3) is 0.706. The van der Waals surface area contributed by atoms with Gasteiger partial charge in [-0.25, -0.2) is 0 Å². The van der Waals surface area contributed by atoms with Gasteiger partial charge in [-0.3, -0.25) is 0 Å². The highest BCUT2D eigenvalue weighted by Crippen LogP contribution is 2.08. The van der Waals surface area contributed by atoms with Crippen LogP contribution in [0.3, 0.4) is 0 Å². The van der Waals surface area contributed by atoms with E-state index in [4.69, 9.17) is 0 Å². The Balaban J connectivity index is 3.01. The van der Waals surface area contributed by atoms with Crippen LogP contribution in [0.15, 0.2) is 24.8 Å². The van der Waals surface area contributed by atoms with E-state index in [9.17, 15) is 0 Å². The van der Waals surface area contributed by atoms with Crippen LogP contribution in [0.25, 0.3) is 0 Å². The van der Waals surface area contributed by atoms with Crippen LogP contribution in [0.2, 0.25) is 0 Å². The molecule has 17 heavy (non-hydrogen) atoms. The predicted molar refractivity (Wildman–Crippen MR) is 80.1 cm³/mol. The zero-order chi connectivity index (χ0) is 12.6. The second-order valence-corrected chi connectivity index (χ2v) is 4.81. The van der Waals surface area contributed by atoms with Gasteiger partial charge in [0.2, 0.25) is 0 Å². The van der Waals surface area contributed by atoms with E-state index in [1.165, 1.54) is 70.6 Å². The van der Waals surface area contributed by atoms with Gasteiger partial charge in [-0.1, -0.05) is 63.7 Å². The van der Waals surface area contributed by atoms with Crippen LogP contribution in [0, 0.1) is 6.92 Å². The Bertz CT molecular complexity index is 167. The van der Waals surface area contributed by atoms with E-state index in [2.05, 4.69) is 25.7 Å². The van der Waals surface area contributed by atoms with Crippen molar-refractivity contribution in [3.05, 3.63) is 31.7 Å². The van der Waals surface area contributed by atoms with E-state index in [1.807, 2.05) is 6.08 Å². The fourth-order valence-corrected chi connectivity index (χ4v) is 1.93. The third-order valence-corrected chi connectivity index (χ3v) is 3.07. The van der Waals surface area contributed by atoms with Crippen LogP contribution in [0.4, 0.5) is 0 Å². The van der Waals surface area contributed by atoms with Gasteiger partial charge in [0.25, 0.3) is 0 Å². The minimum absolute atomic E-state index is 1.10. The van der Waals surface area contributed by atoms with Crippen molar-refractivity contribution in [3.8, 4) is 0 Å². The molecule has 0 heteroatoms. The number of unbranched alkanes of at least 4 members (excludes halogenated alkanes) is 10. The third-order valence-electron chi connectivity index (χ3n) is 3.07. The van der Waals surface area contributed by atoms with Crippen molar-refractivity contribution in [1.82, 2.24) is 0 Å². The van der Waals surface area contributed by atoms with E-state index in [0.717, 1.165) is 6.42 Å². The summed E-state index contributed by atoms with van der Waals surface area (Å²) >= 11 is 0. The lowest BCUT2D eigenvalue weighted by atomic mass is 10.1. The quantitative estimate of drug-likeness (QED) is 0.262. The van der Waals surface area contributed by atoms with E-state index < -0.39 is 0 Å². The normalized spacial score (nSPS) is 11.1. The van der Waals surface area contributed by atoms with E-state index >= 15 is 0 Å². The summed E-state index contributed by atoms with van der Waals surface area (Å²) in [5.41, 5.74) is 0. The molecule has 1 radical (unpaired) electrons. The average molecular weight is 235 g/mol. The van der Waals surface area contributed by atoms with Gasteiger partial charge < -0.3 is 0 Å². The molecule has 0 aromatic rings. The van der Waals surface area contributed by atoms with Crippen molar-refractivity contribution in [2.75, 3.05) is 0 Å². The lowest BCUT2D eigenvalue weighted by Crippen LogP contribution is -1.78. The summed E-state index contributed by atoms with van der Waals surface area (Å²) in [4.78, 5) is 0. The molecule has 0 aromatic carbocycles. The molecular weight excluding hydrogens is 204 g/mol. The molecule has 0 heterocycles. The third kappa shape index (κ3) is 15.5. The van der Waals surface area contributed by atoms with E-state index in [1.54, 1.807) is 0 Å². The van der Waals surface area contributed by atoms with Gasteiger partial charge in [-0.15, -0.1) is 6.58 Å². The van der Waals surface area contributed by atoms with Crippen molar-refractivity contribution in [1.29, 1.82) is 0 Å². The number of rotatable bonds is 13. The molecule has 0 saturated carbocycles. The first kappa shape index (κ1) is 16.5. The van der Waals surface area contributed by atoms with Crippen molar-refractivity contribution in [2.24, 2.45) is 0 Å². The maximum absolute atomic E-state index is 3.86. The molecule has 0 bridgehead atoms. The predicted octanol–water partition coefficient (Wildman–Crippen LogP) is 6.24. The molecular formula is C17H31. The van der Waals surface area contributed by atoms with Gasteiger partial charge in [0, 0.05) is 0 Å². The van der Waals surface area contributed by atoms with E-state index in [0.29, 0.717) is 0 Å². The largest absolute Gasteiger partial charge is 0.103 e. The molecule has 0 fully saturated rings. The molecule has 0 atom stereocenters. The topological polar surface area (TPSA) is 0 Å². The molecule has 0 aromatic heterocycles. The summed E-state index contributed by atoms with van der Waals surface area (Å²) in [6.07, 6.45) is 22.4. The first-order valence-electron chi connectivity index (χ1n) is 7.47. The number of allylic oxidation sites excluding steroid dienone is 3. The first-order valence-corrected chi connectivity index (χ1v) is 7.47. The molecule has 0 rings (SSSR count). The Labute approximate surface area is 109 Å². The Morgan fingerprint density at radius 3 is 1.65 bits per heavy atom. The SMILES string of the molecule is [CH2]CCCCCCCC=CCCCCCC=C. The Morgan fingerprint density at radius 2 is 1.06 bits per heavy atom. The van der Waals surface area contributed by atoms with Crippen molar-refractivity contribution >= 4 is 0 Å². The smallest absolute Gasteiger partial charge is 0.0351 e. The highest BCUT2D eigenvalue weighted by molar-refractivity contribution is 4.81. The molecule has 0 aliphatic rings. The van der Waals surface area contributed by atoms with Gasteiger partial charge in [-0.05, 0) is 38.5 Å². The average Bonchev–Trinajstić information content (AvgIpc) is 2.35. The summed E-state index contributed by atoms with van der Waals surface area (Å²) in [6.45, 7) is 7.60. The molecule has 99 valence electrons. The summed E-state index contributed by atoms with van der Waals surface area (Å²) < 4.78 is 0. The van der Waals surface area contributed by atoms with Crippen LogP contribution < -0.4 is 0 Å². The number of hydrogen-bond donors (Lipinski definition) is 0. The molecule has 0 aliphatic heterocycles. The highest BCUT2D eigenvalue weighted by Gasteiger charge is 1.88. The van der Waals surface area contributed by atoms with Crippen LogP contribution >= 0.6 is 0 Å². The van der Waals surface area contributed by atoms with Gasteiger partial charge in [0.15, 0.2) is 0 Å². The summed E-state index contributed by atoms with van der Waals surface area (Å²) in [7, 11) is 0. The zero-order valence-electron chi connectivity index (χ0n) is 11.6. The summed E-state index contributed by atoms with van der Waals surface area (Å²) in [5, 5.41) is 0. The lowest BCUT2D eigenvalue weighted by molar-refractivity contribution is 0.620. The van der Waals surface area contributed by atoms with Gasteiger partial charge in [0.1, 0.15) is 0 Å². The summed E-state index contributed by atoms with van der Waals surface area (Å²) in [5.74, 6) is 0. The fourth-order valence-electron chi connectivity index (χ4n) is 1.93. The highest BCUT2D eigenvalue weighted by atomic mass is 13.9. The maximum atomic E-state index is 3.86. The second kappa shape index (κ2) is 15.5. The van der Waals surface area contributed by atoms with E-state index in [-0.39, 0.29) is 0 Å². The minimum atomic E-state index is 1.10. The van der Waals surface area contributed by atoms with Crippen LogP contribution in [0.1, 0.15) is 77.0 Å². The first-order chi connectivity index (χ1) is 8.41. The van der Waals surface area contributed by atoms with Crippen molar-refractivity contribution < 1.29 is 0 Å². The van der Waals surface area contributed by atoms with Crippen molar-refractivity contribution in [2.45, 2.75) is 77.0 Å². The molecule has 0 saturated heterocycles. The molecule has 0 spiro atoms. The van der Waals surface area contributed by atoms with Crippen LogP contribution in [-0.4, -0.2) is 0 Å². The standard InChI is InChI=1S/C17H31/c1-3-5-7-9-11-13-15-17-16-14-12-10-8-6-4-2/h3,15,17H,1-2,4-14,16H2. The molecule has 0 N–H and O–H groups in total. The second-order valence-electron chi connectivity index (χ2n) is 4.81. The molecule has 0 amide bonds. The number of hydrogen-bond acceptors (Lipinski definition) is 0. The molecule has 0 nitrogen and oxygen atoms in total. The Morgan fingerprint density at radius 1 is 0.588 bits per heavy atom. The van der Waals surface area contributed by atoms with Gasteiger partial charge in [0.05, 0.1) is 0 Å². The summed E-state index contributed by atoms with van der Waals surface area (Å²) in [6, 6.07) is 0. The van der Waals surface area contributed by atoms with Crippen LogP contribution in [-0.2, 0) is 0 Å². The van der Waals surface area contributed by atoms with Crippen molar-refractivity contribution in [3.63, 3.8) is 0 Å². The van der Waals surface area contributed by atoms with Crippen LogP contribution in [0.5, 0.6) is 0 Å². The zero-order valence-corrected chi connectivity index (χ0v) is 11.6. The Kier molecular flexibility index (Phi) is 15.0. The maximum Gasteiger partial charge on any atom is -0.0351 e. The minimum Gasteiger partial charge on any atom is -0.103 e. The van der Waals surface area contributed by atoms with Gasteiger partial charge >= 0.3 is 0 Å².